The van der Waals surface area contributed by atoms with Crippen LogP contribution in [0.3, 0.4) is 0 Å². The number of halogens is 1. The molecule has 1 aliphatic rings. The van der Waals surface area contributed by atoms with Gasteiger partial charge in [-0.2, -0.15) is 0 Å². The molecule has 0 bridgehead atoms. The van der Waals surface area contributed by atoms with Gasteiger partial charge in [-0.25, -0.2) is 4.68 Å². The fourth-order valence-corrected chi connectivity index (χ4v) is 3.10. The SMILES string of the molecule is Cl.O=C(Nc1cccc(NC(=O)c2cn(C3CCNCC3)nn2)c1)c1ccoc1. The second-order valence-corrected chi connectivity index (χ2v) is 6.57. The average molecular weight is 417 g/mol. The van der Waals surface area contributed by atoms with E-state index in [0.29, 0.717) is 16.9 Å². The van der Waals surface area contributed by atoms with Crippen molar-refractivity contribution in [1.29, 1.82) is 0 Å². The van der Waals surface area contributed by atoms with Gasteiger partial charge in [0.15, 0.2) is 5.69 Å². The Bertz CT molecular complexity index is 966. The highest BCUT2D eigenvalue weighted by molar-refractivity contribution is 6.05. The molecule has 1 aliphatic heterocycles. The molecule has 0 spiro atoms. The normalized spacial score (nSPS) is 14.1. The summed E-state index contributed by atoms with van der Waals surface area (Å²) < 4.78 is 6.67. The highest BCUT2D eigenvalue weighted by Gasteiger charge is 2.19. The molecule has 0 radical (unpaired) electrons. The smallest absolute Gasteiger partial charge is 0.277 e. The molecule has 0 atom stereocenters. The van der Waals surface area contributed by atoms with E-state index in [9.17, 15) is 9.59 Å². The molecule has 152 valence electrons. The van der Waals surface area contributed by atoms with E-state index in [1.165, 1.54) is 12.5 Å². The van der Waals surface area contributed by atoms with Crippen LogP contribution in [-0.2, 0) is 0 Å². The number of hydrogen-bond acceptors (Lipinski definition) is 6. The number of anilines is 2. The number of benzene rings is 1. The van der Waals surface area contributed by atoms with Crippen molar-refractivity contribution in [3.8, 4) is 0 Å². The Morgan fingerprint density at radius 1 is 1.10 bits per heavy atom. The number of aromatic nitrogens is 3. The third kappa shape index (κ3) is 5.01. The zero-order chi connectivity index (χ0) is 19.3. The fourth-order valence-electron chi connectivity index (χ4n) is 3.10. The molecule has 29 heavy (non-hydrogen) atoms. The van der Waals surface area contributed by atoms with Gasteiger partial charge in [-0.05, 0) is 50.2 Å². The van der Waals surface area contributed by atoms with Crippen LogP contribution in [0.1, 0.15) is 39.7 Å². The van der Waals surface area contributed by atoms with E-state index in [1.807, 2.05) is 0 Å². The Morgan fingerprint density at radius 2 is 1.83 bits per heavy atom. The zero-order valence-electron chi connectivity index (χ0n) is 15.5. The Labute approximate surface area is 173 Å². The Morgan fingerprint density at radius 3 is 2.52 bits per heavy atom. The summed E-state index contributed by atoms with van der Waals surface area (Å²) >= 11 is 0. The van der Waals surface area contributed by atoms with E-state index in [0.717, 1.165) is 25.9 Å². The summed E-state index contributed by atoms with van der Waals surface area (Å²) in [6, 6.07) is 8.73. The second-order valence-electron chi connectivity index (χ2n) is 6.57. The minimum absolute atomic E-state index is 0. The standard InChI is InChI=1S/C19H20N6O3.ClH/c26-18(13-6-9-28-12-13)21-14-2-1-3-15(10-14)22-19(27)17-11-25(24-23-17)16-4-7-20-8-5-16;/h1-3,6,9-12,16,20H,4-5,7-8H2,(H,21,26)(H,22,27);1H. The van der Waals surface area contributed by atoms with Crippen LogP contribution in [0.25, 0.3) is 0 Å². The van der Waals surface area contributed by atoms with Gasteiger partial charge >= 0.3 is 0 Å². The molecular formula is C19H21ClN6O3. The lowest BCUT2D eigenvalue weighted by molar-refractivity contribution is 0.101. The molecule has 2 amide bonds. The van der Waals surface area contributed by atoms with Crippen molar-refractivity contribution in [1.82, 2.24) is 20.3 Å². The van der Waals surface area contributed by atoms with Gasteiger partial charge < -0.3 is 20.4 Å². The first-order valence-corrected chi connectivity index (χ1v) is 9.06. The van der Waals surface area contributed by atoms with E-state index in [2.05, 4.69) is 26.3 Å². The van der Waals surface area contributed by atoms with Gasteiger partial charge in [0.1, 0.15) is 6.26 Å². The third-order valence-corrected chi connectivity index (χ3v) is 4.59. The van der Waals surface area contributed by atoms with Crippen molar-refractivity contribution in [2.75, 3.05) is 23.7 Å². The lowest BCUT2D eigenvalue weighted by Gasteiger charge is -2.22. The van der Waals surface area contributed by atoms with Crippen LogP contribution in [0.4, 0.5) is 11.4 Å². The lowest BCUT2D eigenvalue weighted by Crippen LogP contribution is -2.29. The number of amides is 2. The summed E-state index contributed by atoms with van der Waals surface area (Å²) in [7, 11) is 0. The van der Waals surface area contributed by atoms with Crippen molar-refractivity contribution < 1.29 is 14.0 Å². The molecular weight excluding hydrogens is 396 g/mol. The number of carbonyl (C=O) groups is 2. The van der Waals surface area contributed by atoms with Crippen LogP contribution in [0.2, 0.25) is 0 Å². The summed E-state index contributed by atoms with van der Waals surface area (Å²) in [6.45, 7) is 1.87. The maximum atomic E-state index is 12.5. The van der Waals surface area contributed by atoms with Gasteiger partial charge in [-0.15, -0.1) is 17.5 Å². The number of carbonyl (C=O) groups excluding carboxylic acids is 2. The van der Waals surface area contributed by atoms with E-state index < -0.39 is 0 Å². The number of furan rings is 1. The average Bonchev–Trinajstić information content (AvgIpc) is 3.41. The number of nitrogens with zero attached hydrogens (tertiary/aromatic N) is 3. The summed E-state index contributed by atoms with van der Waals surface area (Å²) in [5, 5.41) is 16.9. The van der Waals surface area contributed by atoms with E-state index in [4.69, 9.17) is 4.42 Å². The first kappa shape index (κ1) is 20.6. The Hall–Kier alpha value is -3.17. The predicted octanol–water partition coefficient (Wildman–Crippen LogP) is 2.72. The van der Waals surface area contributed by atoms with Gasteiger partial charge in [0.05, 0.1) is 24.1 Å². The first-order chi connectivity index (χ1) is 13.7. The molecule has 10 heteroatoms. The van der Waals surface area contributed by atoms with Crippen LogP contribution in [0.15, 0.2) is 53.5 Å². The molecule has 3 heterocycles. The number of nitrogens with one attached hydrogen (secondary N) is 3. The summed E-state index contributed by atoms with van der Waals surface area (Å²) in [6.07, 6.45) is 6.40. The van der Waals surface area contributed by atoms with Gasteiger partial charge in [0.2, 0.25) is 0 Å². The molecule has 0 unspecified atom stereocenters. The Kier molecular flexibility index (Phi) is 6.63. The van der Waals surface area contributed by atoms with E-state index in [-0.39, 0.29) is 36.0 Å². The van der Waals surface area contributed by atoms with Gasteiger partial charge in [0.25, 0.3) is 11.8 Å². The summed E-state index contributed by atoms with van der Waals surface area (Å²) in [4.78, 5) is 24.6. The van der Waals surface area contributed by atoms with Crippen LogP contribution in [0.5, 0.6) is 0 Å². The van der Waals surface area contributed by atoms with Gasteiger partial charge in [0, 0.05) is 11.4 Å². The molecule has 0 saturated carbocycles. The highest BCUT2D eigenvalue weighted by atomic mass is 35.5. The Balaban J connectivity index is 0.00000240. The van der Waals surface area contributed by atoms with Crippen molar-refractivity contribution >= 4 is 35.6 Å². The van der Waals surface area contributed by atoms with Crippen molar-refractivity contribution in [2.45, 2.75) is 18.9 Å². The van der Waals surface area contributed by atoms with E-state index in [1.54, 1.807) is 41.2 Å². The topological polar surface area (TPSA) is 114 Å². The third-order valence-electron chi connectivity index (χ3n) is 4.59. The molecule has 0 aliphatic carbocycles. The van der Waals surface area contributed by atoms with Crippen LogP contribution < -0.4 is 16.0 Å². The highest BCUT2D eigenvalue weighted by Crippen LogP contribution is 2.19. The largest absolute Gasteiger partial charge is 0.472 e. The molecule has 9 nitrogen and oxygen atoms in total. The predicted molar refractivity (Wildman–Crippen MR) is 109 cm³/mol. The van der Waals surface area contributed by atoms with Crippen LogP contribution in [-0.4, -0.2) is 39.9 Å². The fraction of sp³-hybridized carbons (Fsp3) is 0.263. The molecule has 1 fully saturated rings. The van der Waals surface area contributed by atoms with Crippen molar-refractivity contribution in [3.63, 3.8) is 0 Å². The summed E-state index contributed by atoms with van der Waals surface area (Å²) in [5.74, 6) is -0.638. The maximum Gasteiger partial charge on any atom is 0.277 e. The van der Waals surface area contributed by atoms with E-state index >= 15 is 0 Å². The molecule has 3 aromatic rings. The molecule has 2 aromatic heterocycles. The quantitative estimate of drug-likeness (QED) is 0.589. The minimum atomic E-state index is -0.349. The van der Waals surface area contributed by atoms with Crippen LogP contribution in [0, 0.1) is 0 Å². The first-order valence-electron chi connectivity index (χ1n) is 9.06. The molecule has 3 N–H and O–H groups in total. The maximum absolute atomic E-state index is 12.5. The number of piperidine rings is 1. The van der Waals surface area contributed by atoms with Crippen molar-refractivity contribution in [2.24, 2.45) is 0 Å². The second kappa shape index (κ2) is 9.35. The lowest BCUT2D eigenvalue weighted by atomic mass is 10.1. The monoisotopic (exact) mass is 416 g/mol. The van der Waals surface area contributed by atoms with Gasteiger partial charge in [-0.3, -0.25) is 9.59 Å². The van der Waals surface area contributed by atoms with Crippen LogP contribution >= 0.6 is 12.4 Å². The number of hydrogen-bond donors (Lipinski definition) is 3. The number of rotatable bonds is 5. The summed E-state index contributed by atoms with van der Waals surface area (Å²) in [5.41, 5.74) is 1.78. The van der Waals surface area contributed by atoms with Gasteiger partial charge in [-0.1, -0.05) is 11.3 Å². The minimum Gasteiger partial charge on any atom is -0.472 e. The zero-order valence-corrected chi connectivity index (χ0v) is 16.3. The molecule has 1 saturated heterocycles. The molecule has 1 aromatic carbocycles. The van der Waals surface area contributed by atoms with Crippen molar-refractivity contribution in [3.05, 3.63) is 60.3 Å². The molecule has 4 rings (SSSR count).